The maximum atomic E-state index is 12.9. The van der Waals surface area contributed by atoms with Crippen molar-refractivity contribution in [3.05, 3.63) is 51.7 Å². The number of rotatable bonds is 3. The molecular weight excluding hydrogens is 380 g/mol. The van der Waals surface area contributed by atoms with Crippen LogP contribution in [0.25, 0.3) is 10.6 Å². The summed E-state index contributed by atoms with van der Waals surface area (Å²) in [5.41, 5.74) is 2.88. The molecule has 0 bridgehead atoms. The maximum absolute atomic E-state index is 12.9. The Kier molecular flexibility index (Phi) is 4.33. The van der Waals surface area contributed by atoms with E-state index in [4.69, 9.17) is 9.47 Å². The van der Waals surface area contributed by atoms with Gasteiger partial charge in [0.2, 0.25) is 6.79 Å². The van der Waals surface area contributed by atoms with E-state index in [1.807, 2.05) is 28.5 Å². The van der Waals surface area contributed by atoms with Gasteiger partial charge in [0.15, 0.2) is 11.5 Å². The van der Waals surface area contributed by atoms with Gasteiger partial charge in [0.05, 0.1) is 0 Å². The normalized spacial score (nSPS) is 16.7. The van der Waals surface area contributed by atoms with Gasteiger partial charge in [-0.05, 0) is 59.3 Å². The summed E-state index contributed by atoms with van der Waals surface area (Å²) >= 11 is 3.22. The zero-order valence-electron chi connectivity index (χ0n) is 14.6. The zero-order chi connectivity index (χ0) is 18.2. The molecule has 0 unspecified atom stereocenters. The quantitative estimate of drug-likeness (QED) is 0.646. The fourth-order valence-corrected chi connectivity index (χ4v) is 5.15. The third-order valence-electron chi connectivity index (χ3n) is 5.14. The number of thiazole rings is 1. The molecule has 4 heterocycles. The first-order valence-electron chi connectivity index (χ1n) is 8.95. The number of amides is 1. The molecule has 0 spiro atoms. The van der Waals surface area contributed by atoms with Crippen LogP contribution in [0.3, 0.4) is 0 Å². The zero-order valence-corrected chi connectivity index (χ0v) is 16.2. The van der Waals surface area contributed by atoms with Crippen LogP contribution in [0.5, 0.6) is 11.5 Å². The number of piperidine rings is 1. The van der Waals surface area contributed by atoms with Gasteiger partial charge in [0.25, 0.3) is 5.91 Å². The lowest BCUT2D eigenvalue weighted by atomic mass is 9.91. The Morgan fingerprint density at radius 3 is 2.78 bits per heavy atom. The van der Waals surface area contributed by atoms with Crippen molar-refractivity contribution in [3.8, 4) is 22.1 Å². The highest BCUT2D eigenvalue weighted by molar-refractivity contribution is 7.13. The van der Waals surface area contributed by atoms with Gasteiger partial charge in [-0.3, -0.25) is 4.79 Å². The number of thiophene rings is 1. The highest BCUT2D eigenvalue weighted by Crippen LogP contribution is 2.37. The molecule has 2 aliphatic rings. The van der Waals surface area contributed by atoms with Crippen LogP contribution >= 0.6 is 22.7 Å². The van der Waals surface area contributed by atoms with Crippen LogP contribution in [0, 0.1) is 0 Å². The minimum atomic E-state index is 0.0296. The van der Waals surface area contributed by atoms with E-state index in [9.17, 15) is 4.79 Å². The second-order valence-electron chi connectivity index (χ2n) is 6.73. The van der Waals surface area contributed by atoms with Gasteiger partial charge >= 0.3 is 0 Å². The summed E-state index contributed by atoms with van der Waals surface area (Å²) in [5.74, 6) is 2.08. The molecule has 2 aliphatic heterocycles. The molecule has 0 saturated carbocycles. The Hall–Kier alpha value is -2.38. The lowest BCUT2D eigenvalue weighted by Crippen LogP contribution is -2.38. The van der Waals surface area contributed by atoms with Gasteiger partial charge in [-0.25, -0.2) is 4.98 Å². The number of aromatic nitrogens is 1. The molecule has 0 radical (unpaired) electrons. The Bertz CT molecular complexity index is 960. The van der Waals surface area contributed by atoms with E-state index in [1.54, 1.807) is 11.3 Å². The Balaban J connectivity index is 1.28. The molecule has 0 aliphatic carbocycles. The maximum Gasteiger partial charge on any atom is 0.273 e. The van der Waals surface area contributed by atoms with Crippen molar-refractivity contribution < 1.29 is 14.3 Å². The fourth-order valence-electron chi connectivity index (χ4n) is 3.62. The van der Waals surface area contributed by atoms with Gasteiger partial charge in [0.1, 0.15) is 10.7 Å². The summed E-state index contributed by atoms with van der Waals surface area (Å²) in [7, 11) is 0. The Labute approximate surface area is 165 Å². The Morgan fingerprint density at radius 2 is 1.96 bits per heavy atom. The highest BCUT2D eigenvalue weighted by atomic mass is 32.1. The van der Waals surface area contributed by atoms with Gasteiger partial charge in [-0.1, -0.05) is 0 Å². The van der Waals surface area contributed by atoms with Gasteiger partial charge in [-0.15, -0.1) is 11.3 Å². The predicted octanol–water partition coefficient (Wildman–Crippen LogP) is 4.62. The number of carbonyl (C=O) groups is 1. The van der Waals surface area contributed by atoms with Crippen molar-refractivity contribution in [2.75, 3.05) is 19.9 Å². The van der Waals surface area contributed by atoms with Gasteiger partial charge < -0.3 is 14.4 Å². The minimum absolute atomic E-state index is 0.0296. The van der Waals surface area contributed by atoms with Crippen molar-refractivity contribution in [2.45, 2.75) is 18.8 Å². The summed E-state index contributed by atoms with van der Waals surface area (Å²) < 4.78 is 10.8. The molecule has 0 N–H and O–H groups in total. The largest absolute Gasteiger partial charge is 0.454 e. The smallest absolute Gasteiger partial charge is 0.273 e. The number of benzene rings is 1. The van der Waals surface area contributed by atoms with Crippen LogP contribution in [-0.2, 0) is 0 Å². The number of nitrogens with zero attached hydrogens (tertiary/aromatic N) is 2. The predicted molar refractivity (Wildman–Crippen MR) is 106 cm³/mol. The average Bonchev–Trinajstić information content (AvgIpc) is 3.48. The van der Waals surface area contributed by atoms with Crippen molar-refractivity contribution in [3.63, 3.8) is 0 Å². The van der Waals surface area contributed by atoms with Crippen molar-refractivity contribution in [2.24, 2.45) is 0 Å². The molecule has 1 fully saturated rings. The number of hydrogen-bond donors (Lipinski definition) is 0. The minimum Gasteiger partial charge on any atom is -0.454 e. The second-order valence-corrected chi connectivity index (χ2v) is 8.37. The van der Waals surface area contributed by atoms with E-state index < -0.39 is 0 Å². The molecule has 7 heteroatoms. The van der Waals surface area contributed by atoms with E-state index in [-0.39, 0.29) is 12.7 Å². The molecule has 5 nitrogen and oxygen atoms in total. The summed E-state index contributed by atoms with van der Waals surface area (Å²) in [6.45, 7) is 1.83. The van der Waals surface area contributed by atoms with Gasteiger partial charge in [-0.2, -0.15) is 11.3 Å². The first-order chi connectivity index (χ1) is 13.3. The first-order valence-corrected chi connectivity index (χ1v) is 10.8. The van der Waals surface area contributed by atoms with Crippen LogP contribution in [0.2, 0.25) is 0 Å². The molecule has 1 saturated heterocycles. The molecule has 138 valence electrons. The summed E-state index contributed by atoms with van der Waals surface area (Å²) in [4.78, 5) is 19.4. The number of ether oxygens (including phenoxy) is 2. The molecule has 0 atom stereocenters. The highest BCUT2D eigenvalue weighted by Gasteiger charge is 2.26. The van der Waals surface area contributed by atoms with E-state index >= 15 is 0 Å². The van der Waals surface area contributed by atoms with Crippen molar-refractivity contribution in [1.82, 2.24) is 9.88 Å². The van der Waals surface area contributed by atoms with E-state index in [1.165, 1.54) is 16.9 Å². The van der Waals surface area contributed by atoms with Crippen LogP contribution < -0.4 is 9.47 Å². The first kappa shape index (κ1) is 16.8. The number of likely N-dealkylation sites (tertiary alicyclic amines) is 1. The van der Waals surface area contributed by atoms with Crippen molar-refractivity contribution in [1.29, 1.82) is 0 Å². The summed E-state index contributed by atoms with van der Waals surface area (Å²) in [5, 5.41) is 7.03. The molecule has 27 heavy (non-hydrogen) atoms. The van der Waals surface area contributed by atoms with E-state index in [0.29, 0.717) is 11.6 Å². The molecule has 5 rings (SSSR count). The molecule has 3 aromatic rings. The topological polar surface area (TPSA) is 51.7 Å². The SMILES string of the molecule is O=C(c1csc(-c2ccc3c(c2)OCO3)n1)N1CCC(c2ccsc2)CC1. The molecule has 2 aromatic heterocycles. The second kappa shape index (κ2) is 6.98. The van der Waals surface area contributed by atoms with E-state index in [2.05, 4.69) is 21.8 Å². The monoisotopic (exact) mass is 398 g/mol. The standard InChI is InChI=1S/C20H18N2O3S2/c23-20(22-6-3-13(4-7-22)15-5-8-26-10-15)16-11-27-19(21-16)14-1-2-17-18(9-14)25-12-24-17/h1-2,5,8-11,13H,3-4,6-7,12H2. The van der Waals surface area contributed by atoms with Crippen LogP contribution in [0.4, 0.5) is 0 Å². The number of carbonyl (C=O) groups excluding carboxylic acids is 1. The van der Waals surface area contributed by atoms with Crippen LogP contribution in [0.15, 0.2) is 40.4 Å². The van der Waals surface area contributed by atoms with E-state index in [0.717, 1.165) is 48.0 Å². The molecule has 1 amide bonds. The Morgan fingerprint density at radius 1 is 1.11 bits per heavy atom. The average molecular weight is 399 g/mol. The third kappa shape index (κ3) is 3.21. The van der Waals surface area contributed by atoms with Gasteiger partial charge in [0, 0.05) is 24.0 Å². The summed E-state index contributed by atoms with van der Waals surface area (Å²) in [6.07, 6.45) is 2.03. The summed E-state index contributed by atoms with van der Waals surface area (Å²) in [6, 6.07) is 7.95. The van der Waals surface area contributed by atoms with Crippen molar-refractivity contribution >= 4 is 28.6 Å². The number of hydrogen-bond acceptors (Lipinski definition) is 6. The van der Waals surface area contributed by atoms with Crippen LogP contribution in [0.1, 0.15) is 34.8 Å². The molecular formula is C20H18N2O3S2. The third-order valence-corrected chi connectivity index (χ3v) is 6.73. The lowest BCUT2D eigenvalue weighted by molar-refractivity contribution is 0.0708. The number of fused-ring (bicyclic) bond motifs is 1. The molecule has 1 aromatic carbocycles. The lowest BCUT2D eigenvalue weighted by Gasteiger charge is -2.31. The van der Waals surface area contributed by atoms with Crippen LogP contribution in [-0.4, -0.2) is 35.7 Å². The fraction of sp³-hybridized carbons (Fsp3) is 0.300.